The second kappa shape index (κ2) is 3.07. The Labute approximate surface area is 71.7 Å². The molecule has 2 N–H and O–H groups in total. The molecule has 11 heteroatoms. The van der Waals surface area contributed by atoms with Crippen LogP contribution in [0.2, 0.25) is 0 Å². The summed E-state index contributed by atoms with van der Waals surface area (Å²) in [7, 11) is -6.89. The van der Waals surface area contributed by atoms with Gasteiger partial charge in [-0.3, -0.25) is 4.57 Å². The van der Waals surface area contributed by atoms with Crippen molar-refractivity contribution < 1.29 is 45.1 Å². The number of halogens is 7. The van der Waals surface area contributed by atoms with Crippen molar-refractivity contribution in [2.75, 3.05) is 0 Å². The largest absolute Gasteiger partial charge is 0.460 e. The minimum Gasteiger partial charge on any atom is -0.320 e. The molecule has 0 aliphatic rings. The molecule has 0 aromatic rings. The van der Waals surface area contributed by atoms with Gasteiger partial charge in [0.05, 0.1) is 0 Å². The van der Waals surface area contributed by atoms with Gasteiger partial charge in [-0.25, -0.2) is 0 Å². The SMILES string of the molecule is O=P(O)(O)C(F)(F)C(F)(F)C(F)(F)F. The summed E-state index contributed by atoms with van der Waals surface area (Å²) in [6.45, 7) is 0. The maximum atomic E-state index is 12.0. The fraction of sp³-hybridized carbons (Fsp3) is 1.00. The molecule has 0 rings (SSSR count). The van der Waals surface area contributed by atoms with Crippen molar-refractivity contribution in [3.63, 3.8) is 0 Å². The summed E-state index contributed by atoms with van der Waals surface area (Å²) in [5.74, 6) is -6.78. The molecule has 0 amide bonds. The monoisotopic (exact) mass is 250 g/mol. The maximum Gasteiger partial charge on any atom is 0.460 e. The van der Waals surface area contributed by atoms with Gasteiger partial charge in [-0.05, 0) is 0 Å². The van der Waals surface area contributed by atoms with Crippen LogP contribution in [0.5, 0.6) is 0 Å². The zero-order valence-electron chi connectivity index (χ0n) is 5.90. The normalized spacial score (nSPS) is 15.8. The predicted octanol–water partition coefficient (Wildman–Crippen LogP) is 1.95. The van der Waals surface area contributed by atoms with E-state index in [0.29, 0.717) is 0 Å². The van der Waals surface area contributed by atoms with Crippen molar-refractivity contribution in [3.05, 3.63) is 0 Å². The molecular weight excluding hydrogens is 248 g/mol. The van der Waals surface area contributed by atoms with E-state index in [9.17, 15) is 35.3 Å². The van der Waals surface area contributed by atoms with Gasteiger partial charge in [-0.15, -0.1) is 0 Å². The second-order valence-corrected chi connectivity index (χ2v) is 3.81. The molecular formula is C3H2F7O3P. The van der Waals surface area contributed by atoms with Gasteiger partial charge < -0.3 is 9.79 Å². The lowest BCUT2D eigenvalue weighted by molar-refractivity contribution is -0.335. The Morgan fingerprint density at radius 1 is 0.857 bits per heavy atom. The molecule has 0 atom stereocenters. The Morgan fingerprint density at radius 3 is 1.21 bits per heavy atom. The molecule has 86 valence electrons. The molecule has 0 aliphatic heterocycles. The van der Waals surface area contributed by atoms with Crippen LogP contribution in [0.15, 0.2) is 0 Å². The van der Waals surface area contributed by atoms with Crippen LogP contribution in [0.25, 0.3) is 0 Å². The van der Waals surface area contributed by atoms with Crippen LogP contribution in [0, 0.1) is 0 Å². The smallest absolute Gasteiger partial charge is 0.320 e. The predicted molar refractivity (Wildman–Crippen MR) is 28.0 cm³/mol. The quantitative estimate of drug-likeness (QED) is 0.581. The van der Waals surface area contributed by atoms with Crippen LogP contribution >= 0.6 is 7.60 Å². The topological polar surface area (TPSA) is 57.5 Å². The molecule has 0 fully saturated rings. The van der Waals surface area contributed by atoms with Gasteiger partial charge in [0.2, 0.25) is 0 Å². The standard InChI is InChI=1S/C3H2F7O3P/c4-1(5,2(6,7)8)3(9,10)14(11,12)13/h(H2,11,12,13). The Kier molecular flexibility index (Phi) is 3.00. The van der Waals surface area contributed by atoms with Crippen LogP contribution in [0.1, 0.15) is 0 Å². The van der Waals surface area contributed by atoms with Gasteiger partial charge >= 0.3 is 25.4 Å². The van der Waals surface area contributed by atoms with Gasteiger partial charge in [-0.1, -0.05) is 0 Å². The van der Waals surface area contributed by atoms with E-state index in [1.165, 1.54) is 0 Å². The van der Waals surface area contributed by atoms with Crippen LogP contribution in [-0.2, 0) is 4.57 Å². The molecule has 0 saturated carbocycles. The van der Waals surface area contributed by atoms with Gasteiger partial charge in [0.15, 0.2) is 0 Å². The van der Waals surface area contributed by atoms with E-state index in [1.54, 1.807) is 0 Å². The Morgan fingerprint density at radius 2 is 1.14 bits per heavy atom. The first-order chi connectivity index (χ1) is 5.75. The average Bonchev–Trinajstić information content (AvgIpc) is 1.81. The van der Waals surface area contributed by atoms with E-state index in [0.717, 1.165) is 0 Å². The first-order valence-corrected chi connectivity index (χ1v) is 4.24. The summed E-state index contributed by atoms with van der Waals surface area (Å²) in [5.41, 5.74) is -6.47. The minimum absolute atomic E-state index is 6.47. The number of hydrogen-bond acceptors (Lipinski definition) is 1. The number of rotatable bonds is 2. The Hall–Kier alpha value is -0.340. The van der Waals surface area contributed by atoms with Crippen molar-refractivity contribution >= 4 is 7.60 Å². The number of alkyl halides is 7. The van der Waals surface area contributed by atoms with Crippen molar-refractivity contribution in [2.24, 2.45) is 0 Å². The van der Waals surface area contributed by atoms with Gasteiger partial charge in [0, 0.05) is 0 Å². The first kappa shape index (κ1) is 13.7. The van der Waals surface area contributed by atoms with Crippen molar-refractivity contribution in [2.45, 2.75) is 17.8 Å². The molecule has 0 aromatic heterocycles. The number of hydrogen-bond donors (Lipinski definition) is 2. The minimum atomic E-state index is -6.89. The lowest BCUT2D eigenvalue weighted by atomic mass is 10.3. The summed E-state index contributed by atoms with van der Waals surface area (Å²) in [5, 5.41) is 0. The lowest BCUT2D eigenvalue weighted by Gasteiger charge is -2.28. The summed E-state index contributed by atoms with van der Waals surface area (Å²) in [6.07, 6.45) is -6.74. The zero-order chi connectivity index (χ0) is 12.0. The molecule has 3 nitrogen and oxygen atoms in total. The highest BCUT2D eigenvalue weighted by Crippen LogP contribution is 2.63. The van der Waals surface area contributed by atoms with Gasteiger partial charge in [0.1, 0.15) is 0 Å². The third-order valence-corrected chi connectivity index (χ3v) is 2.11. The molecule has 0 radical (unpaired) electrons. The molecule has 0 unspecified atom stereocenters. The highest BCUT2D eigenvalue weighted by molar-refractivity contribution is 7.53. The summed E-state index contributed by atoms with van der Waals surface area (Å²) in [6, 6.07) is 0. The van der Waals surface area contributed by atoms with E-state index < -0.39 is 25.4 Å². The first-order valence-electron chi connectivity index (χ1n) is 2.63. The highest BCUT2D eigenvalue weighted by Gasteiger charge is 2.79. The lowest BCUT2D eigenvalue weighted by Crippen LogP contribution is -2.51. The highest BCUT2D eigenvalue weighted by atomic mass is 31.2. The summed E-state index contributed by atoms with van der Waals surface area (Å²) in [4.78, 5) is 15.3. The molecule has 0 spiro atoms. The maximum absolute atomic E-state index is 12.0. The van der Waals surface area contributed by atoms with Crippen molar-refractivity contribution in [1.82, 2.24) is 0 Å². The zero-order valence-corrected chi connectivity index (χ0v) is 6.79. The summed E-state index contributed by atoms with van der Waals surface area (Å²) >= 11 is 0. The van der Waals surface area contributed by atoms with Crippen LogP contribution in [-0.4, -0.2) is 27.5 Å². The fourth-order valence-corrected chi connectivity index (χ4v) is 0.846. The van der Waals surface area contributed by atoms with Crippen LogP contribution in [0.3, 0.4) is 0 Å². The summed E-state index contributed by atoms with van der Waals surface area (Å²) < 4.78 is 91.2. The molecule has 0 bridgehead atoms. The molecule has 0 heterocycles. The molecule has 0 saturated heterocycles. The third-order valence-electron chi connectivity index (χ3n) is 1.10. The molecule has 0 aromatic carbocycles. The average molecular weight is 250 g/mol. The van der Waals surface area contributed by atoms with E-state index in [-0.39, 0.29) is 0 Å². The fourth-order valence-electron chi connectivity index (χ4n) is 0.353. The van der Waals surface area contributed by atoms with E-state index in [2.05, 4.69) is 0 Å². The van der Waals surface area contributed by atoms with Crippen molar-refractivity contribution in [3.8, 4) is 0 Å². The van der Waals surface area contributed by atoms with Gasteiger partial charge in [0.25, 0.3) is 0 Å². The molecule has 14 heavy (non-hydrogen) atoms. The Bertz CT molecular complexity index is 264. The van der Waals surface area contributed by atoms with Crippen LogP contribution in [0.4, 0.5) is 30.7 Å². The van der Waals surface area contributed by atoms with E-state index in [1.807, 2.05) is 0 Å². The second-order valence-electron chi connectivity index (χ2n) is 2.16. The van der Waals surface area contributed by atoms with E-state index >= 15 is 0 Å². The third kappa shape index (κ3) is 1.86. The van der Waals surface area contributed by atoms with E-state index in [4.69, 9.17) is 9.79 Å². The van der Waals surface area contributed by atoms with Crippen LogP contribution < -0.4 is 0 Å². The van der Waals surface area contributed by atoms with Crippen molar-refractivity contribution in [1.29, 1.82) is 0 Å². The van der Waals surface area contributed by atoms with Gasteiger partial charge in [-0.2, -0.15) is 30.7 Å². The molecule has 0 aliphatic carbocycles. The Balaban J connectivity index is 5.42.